The first-order valence-electron chi connectivity index (χ1n) is 6.52. The number of benzene rings is 1. The van der Waals surface area contributed by atoms with Gasteiger partial charge in [0.15, 0.2) is 9.84 Å². The molecule has 0 radical (unpaired) electrons. The van der Waals surface area contributed by atoms with E-state index in [1.54, 1.807) is 7.11 Å². The minimum absolute atomic E-state index is 0.0252. The Labute approximate surface area is 121 Å². The molecule has 0 unspecified atom stereocenters. The van der Waals surface area contributed by atoms with E-state index < -0.39 is 9.84 Å². The number of hydrogen-bond donors (Lipinski definition) is 1. The molecule has 0 atom stereocenters. The summed E-state index contributed by atoms with van der Waals surface area (Å²) in [5, 5.41) is 3.25. The zero-order valence-electron chi connectivity index (χ0n) is 12.3. The average Bonchev–Trinajstić information content (AvgIpc) is 2.35. The summed E-state index contributed by atoms with van der Waals surface area (Å²) in [7, 11) is -1.34. The van der Waals surface area contributed by atoms with Gasteiger partial charge in [0.2, 0.25) is 0 Å². The molecule has 0 saturated heterocycles. The summed E-state index contributed by atoms with van der Waals surface area (Å²) < 4.78 is 32.7. The molecule has 0 aliphatic rings. The van der Waals surface area contributed by atoms with Crippen molar-refractivity contribution in [3.63, 3.8) is 0 Å². The first-order valence-corrected chi connectivity index (χ1v) is 8.58. The van der Waals surface area contributed by atoms with Crippen LogP contribution in [0.2, 0.25) is 0 Å². The second-order valence-corrected chi connectivity index (χ2v) is 7.02. The largest absolute Gasteiger partial charge is 0.492 e. The highest BCUT2D eigenvalue weighted by Crippen LogP contribution is 2.20. The molecule has 114 valence electrons. The highest BCUT2D eigenvalue weighted by Gasteiger charge is 2.07. The van der Waals surface area contributed by atoms with Crippen LogP contribution in [0, 0.1) is 6.92 Å². The van der Waals surface area contributed by atoms with E-state index in [1.807, 2.05) is 25.1 Å². The fourth-order valence-electron chi connectivity index (χ4n) is 1.69. The van der Waals surface area contributed by atoms with E-state index in [0.29, 0.717) is 13.2 Å². The Hall–Kier alpha value is -1.11. The van der Waals surface area contributed by atoms with E-state index in [2.05, 4.69) is 5.32 Å². The Balaban J connectivity index is 2.60. The monoisotopic (exact) mass is 301 g/mol. The molecule has 0 amide bonds. The fraction of sp³-hybridized carbons (Fsp3) is 0.571. The Kier molecular flexibility index (Phi) is 6.98. The lowest BCUT2D eigenvalue weighted by atomic mass is 10.1. The van der Waals surface area contributed by atoms with E-state index in [4.69, 9.17) is 9.47 Å². The van der Waals surface area contributed by atoms with Gasteiger partial charge in [-0.15, -0.1) is 0 Å². The van der Waals surface area contributed by atoms with Crippen LogP contribution < -0.4 is 10.1 Å². The van der Waals surface area contributed by atoms with Crippen molar-refractivity contribution < 1.29 is 17.9 Å². The molecule has 0 aliphatic carbocycles. The lowest BCUT2D eigenvalue weighted by Crippen LogP contribution is -2.19. The van der Waals surface area contributed by atoms with Gasteiger partial charge in [-0.3, -0.25) is 0 Å². The molecule has 0 heterocycles. The van der Waals surface area contributed by atoms with Crippen LogP contribution in [0.3, 0.4) is 0 Å². The first-order chi connectivity index (χ1) is 9.42. The molecular formula is C14H23NO4S. The van der Waals surface area contributed by atoms with Crippen LogP contribution in [0.25, 0.3) is 0 Å². The van der Waals surface area contributed by atoms with Crippen LogP contribution >= 0.6 is 0 Å². The summed E-state index contributed by atoms with van der Waals surface area (Å²) in [4.78, 5) is 0. The summed E-state index contributed by atoms with van der Waals surface area (Å²) in [6.45, 7) is 4.26. The maximum absolute atomic E-state index is 11.1. The summed E-state index contributed by atoms with van der Waals surface area (Å²) in [5.41, 5.74) is 2.17. The van der Waals surface area contributed by atoms with Crippen LogP contribution in [0.5, 0.6) is 5.75 Å². The molecule has 6 heteroatoms. The normalized spacial score (nSPS) is 11.6. The lowest BCUT2D eigenvalue weighted by Gasteiger charge is -2.13. The van der Waals surface area contributed by atoms with Crippen LogP contribution in [0.15, 0.2) is 18.2 Å². The van der Waals surface area contributed by atoms with E-state index in [1.165, 1.54) is 6.26 Å². The number of methoxy groups -OCH3 is 1. The van der Waals surface area contributed by atoms with Gasteiger partial charge in [-0.05, 0) is 13.0 Å². The standard InChI is InChI=1S/C14H23NO4S/c1-12-4-5-14(19-8-9-20(3,16)17)13(10-12)11-15-6-7-18-2/h4-5,10,15H,6-9,11H2,1-3H3. The molecule has 0 aliphatic heterocycles. The highest BCUT2D eigenvalue weighted by atomic mass is 32.2. The van der Waals surface area contributed by atoms with Gasteiger partial charge in [0.05, 0.1) is 12.4 Å². The molecular weight excluding hydrogens is 278 g/mol. The molecule has 5 nitrogen and oxygen atoms in total. The van der Waals surface area contributed by atoms with Gasteiger partial charge in [0, 0.05) is 32.0 Å². The number of rotatable bonds is 9. The van der Waals surface area contributed by atoms with Crippen molar-refractivity contribution >= 4 is 9.84 Å². The minimum Gasteiger partial charge on any atom is -0.492 e. The molecule has 1 N–H and O–H groups in total. The maximum atomic E-state index is 11.1. The number of ether oxygens (including phenoxy) is 2. The molecule has 1 aromatic rings. The minimum atomic E-state index is -3.00. The van der Waals surface area contributed by atoms with Crippen molar-refractivity contribution in [3.05, 3.63) is 29.3 Å². The summed E-state index contributed by atoms with van der Waals surface area (Å²) in [6, 6.07) is 5.87. The second-order valence-electron chi connectivity index (χ2n) is 4.76. The molecule has 20 heavy (non-hydrogen) atoms. The quantitative estimate of drug-likeness (QED) is 0.693. The molecule has 1 aromatic carbocycles. The third-order valence-corrected chi connectivity index (χ3v) is 3.63. The van der Waals surface area contributed by atoms with Gasteiger partial charge in [-0.1, -0.05) is 17.7 Å². The summed E-state index contributed by atoms with van der Waals surface area (Å²) in [6.07, 6.45) is 1.21. The number of nitrogens with one attached hydrogen (secondary N) is 1. The van der Waals surface area contributed by atoms with Gasteiger partial charge in [0.25, 0.3) is 0 Å². The average molecular weight is 301 g/mol. The third-order valence-electron chi connectivity index (χ3n) is 2.73. The van der Waals surface area contributed by atoms with Crippen molar-refractivity contribution in [1.29, 1.82) is 0 Å². The Morgan fingerprint density at radius 3 is 2.65 bits per heavy atom. The van der Waals surface area contributed by atoms with Gasteiger partial charge < -0.3 is 14.8 Å². The van der Waals surface area contributed by atoms with Crippen LogP contribution in [0.1, 0.15) is 11.1 Å². The summed E-state index contributed by atoms with van der Waals surface area (Å²) in [5.74, 6) is 0.751. The van der Waals surface area contributed by atoms with Crippen LogP contribution in [0.4, 0.5) is 0 Å². The Morgan fingerprint density at radius 2 is 2.00 bits per heavy atom. The topological polar surface area (TPSA) is 64.6 Å². The van der Waals surface area contributed by atoms with E-state index in [0.717, 1.165) is 23.4 Å². The van der Waals surface area contributed by atoms with Crippen LogP contribution in [-0.4, -0.2) is 47.3 Å². The summed E-state index contributed by atoms with van der Waals surface area (Å²) >= 11 is 0. The Bertz CT molecular complexity index is 514. The van der Waals surface area contributed by atoms with Gasteiger partial charge in [0.1, 0.15) is 12.4 Å². The third kappa shape index (κ3) is 6.88. The predicted octanol–water partition coefficient (Wildman–Crippen LogP) is 1.15. The van der Waals surface area contributed by atoms with Gasteiger partial charge >= 0.3 is 0 Å². The molecule has 1 rings (SSSR count). The second kappa shape index (κ2) is 8.24. The smallest absolute Gasteiger partial charge is 0.150 e. The van der Waals surface area contributed by atoms with E-state index >= 15 is 0 Å². The molecule has 0 bridgehead atoms. The molecule has 0 saturated carbocycles. The molecule has 0 aromatic heterocycles. The lowest BCUT2D eigenvalue weighted by molar-refractivity contribution is 0.199. The fourth-order valence-corrected chi connectivity index (χ4v) is 2.07. The SMILES string of the molecule is COCCNCc1cc(C)ccc1OCCS(C)(=O)=O. The highest BCUT2D eigenvalue weighted by molar-refractivity contribution is 7.90. The van der Waals surface area contributed by atoms with E-state index in [-0.39, 0.29) is 12.4 Å². The van der Waals surface area contributed by atoms with Crippen molar-refractivity contribution in [2.24, 2.45) is 0 Å². The van der Waals surface area contributed by atoms with Crippen molar-refractivity contribution in [1.82, 2.24) is 5.32 Å². The van der Waals surface area contributed by atoms with Crippen LogP contribution in [-0.2, 0) is 21.1 Å². The van der Waals surface area contributed by atoms with E-state index in [9.17, 15) is 8.42 Å². The maximum Gasteiger partial charge on any atom is 0.150 e. The Morgan fingerprint density at radius 1 is 1.25 bits per heavy atom. The molecule has 0 fully saturated rings. The zero-order valence-corrected chi connectivity index (χ0v) is 13.1. The first kappa shape index (κ1) is 16.9. The van der Waals surface area contributed by atoms with Gasteiger partial charge in [-0.2, -0.15) is 0 Å². The predicted molar refractivity (Wildman–Crippen MR) is 80.0 cm³/mol. The van der Waals surface area contributed by atoms with Crippen molar-refractivity contribution in [2.45, 2.75) is 13.5 Å². The zero-order chi connectivity index (χ0) is 15.0. The number of aryl methyl sites for hydroxylation is 1. The number of hydrogen-bond acceptors (Lipinski definition) is 5. The van der Waals surface area contributed by atoms with Crippen molar-refractivity contribution in [3.8, 4) is 5.75 Å². The molecule has 0 spiro atoms. The van der Waals surface area contributed by atoms with Gasteiger partial charge in [-0.25, -0.2) is 8.42 Å². The number of sulfone groups is 1. The van der Waals surface area contributed by atoms with Crippen molar-refractivity contribution in [2.75, 3.05) is 38.9 Å².